The minimum Gasteiger partial charge on any atom is -0.306 e. The number of benzene rings is 1. The van der Waals surface area contributed by atoms with Gasteiger partial charge in [-0.2, -0.15) is 0 Å². The van der Waals surface area contributed by atoms with E-state index in [0.29, 0.717) is 0 Å². The Morgan fingerprint density at radius 3 is 2.62 bits per heavy atom. The lowest BCUT2D eigenvalue weighted by Crippen LogP contribution is -1.99. The molecular weight excluding hydrogens is 318 g/mol. The molecule has 4 rings (SSSR count). The summed E-state index contributed by atoms with van der Waals surface area (Å²) < 4.78 is 4.03. The van der Waals surface area contributed by atoms with Gasteiger partial charge < -0.3 is 4.57 Å². The van der Waals surface area contributed by atoms with E-state index in [-0.39, 0.29) is 0 Å². The maximum absolute atomic E-state index is 4.47. The smallest absolute Gasteiger partial charge is 0.174 e. The van der Waals surface area contributed by atoms with Crippen LogP contribution in [0.3, 0.4) is 0 Å². The van der Waals surface area contributed by atoms with Crippen LogP contribution in [0.5, 0.6) is 0 Å². The van der Waals surface area contributed by atoms with Gasteiger partial charge in [-0.15, -0.1) is 0 Å². The van der Waals surface area contributed by atoms with Gasteiger partial charge in [0.2, 0.25) is 0 Å². The molecule has 0 saturated heterocycles. The maximum Gasteiger partial charge on any atom is 0.174 e. The average Bonchev–Trinajstić information content (AvgIpc) is 3.33. The van der Waals surface area contributed by atoms with Crippen LogP contribution in [0, 0.1) is 0 Å². The Morgan fingerprint density at radius 2 is 1.79 bits per heavy atom. The molecule has 0 aliphatic heterocycles. The molecule has 0 radical (unpaired) electrons. The van der Waals surface area contributed by atoms with Crippen molar-refractivity contribution in [3.05, 3.63) is 85.3 Å². The topological polar surface area (TPSA) is 48.5 Å². The number of hydrogen-bond donors (Lipinski definition) is 0. The maximum atomic E-state index is 4.47. The second-order valence-electron chi connectivity index (χ2n) is 5.16. The van der Waals surface area contributed by atoms with Crippen molar-refractivity contribution in [3.8, 4) is 11.5 Å². The van der Waals surface area contributed by atoms with Crippen molar-refractivity contribution in [1.29, 1.82) is 0 Å². The van der Waals surface area contributed by atoms with Crippen LogP contribution in [-0.4, -0.2) is 24.1 Å². The van der Waals surface area contributed by atoms with Gasteiger partial charge in [-0.1, -0.05) is 36.0 Å². The number of nitrogens with zero attached hydrogens (tertiary/aromatic N) is 5. The van der Waals surface area contributed by atoms with Gasteiger partial charge in [0.05, 0.1) is 12.0 Å². The van der Waals surface area contributed by atoms with Crippen molar-refractivity contribution in [2.75, 3.05) is 0 Å². The summed E-state index contributed by atoms with van der Waals surface area (Å²) in [5.74, 6) is 1.69. The highest BCUT2D eigenvalue weighted by molar-refractivity contribution is 7.98. The summed E-state index contributed by atoms with van der Waals surface area (Å²) in [6.45, 7) is 0. The van der Waals surface area contributed by atoms with E-state index in [9.17, 15) is 0 Å². The molecule has 0 aliphatic carbocycles. The Morgan fingerprint density at radius 1 is 0.875 bits per heavy atom. The van der Waals surface area contributed by atoms with Gasteiger partial charge in [-0.25, -0.2) is 15.0 Å². The average molecular weight is 333 g/mol. The van der Waals surface area contributed by atoms with Crippen LogP contribution < -0.4 is 0 Å². The monoisotopic (exact) mass is 333 g/mol. The zero-order chi connectivity index (χ0) is 16.2. The van der Waals surface area contributed by atoms with Crippen LogP contribution in [0.4, 0.5) is 0 Å². The van der Waals surface area contributed by atoms with E-state index in [2.05, 4.69) is 33.2 Å². The van der Waals surface area contributed by atoms with Crippen LogP contribution in [0.15, 0.2) is 84.9 Å². The van der Waals surface area contributed by atoms with E-state index in [1.807, 2.05) is 52.1 Å². The highest BCUT2D eigenvalue weighted by Gasteiger charge is 2.09. The van der Waals surface area contributed by atoms with Gasteiger partial charge in [0.25, 0.3) is 0 Å². The van der Waals surface area contributed by atoms with Crippen molar-refractivity contribution in [2.24, 2.45) is 0 Å². The summed E-state index contributed by atoms with van der Waals surface area (Å²) in [6, 6.07) is 14.2. The molecule has 4 aromatic rings. The first-order valence-electron chi connectivity index (χ1n) is 7.55. The van der Waals surface area contributed by atoms with Crippen molar-refractivity contribution in [1.82, 2.24) is 24.1 Å². The molecule has 0 atom stereocenters. The van der Waals surface area contributed by atoms with E-state index < -0.39 is 0 Å². The zero-order valence-electron chi connectivity index (χ0n) is 12.9. The van der Waals surface area contributed by atoms with Gasteiger partial charge in [-0.3, -0.25) is 4.57 Å². The van der Waals surface area contributed by atoms with E-state index in [1.54, 1.807) is 30.4 Å². The molecule has 0 saturated carbocycles. The third-order valence-corrected chi connectivity index (χ3v) is 4.65. The largest absolute Gasteiger partial charge is 0.306 e. The van der Waals surface area contributed by atoms with Crippen LogP contribution >= 0.6 is 11.8 Å². The summed E-state index contributed by atoms with van der Waals surface area (Å²) in [5, 5.41) is 0.925. The summed E-state index contributed by atoms with van der Waals surface area (Å²) in [7, 11) is 0. The summed E-state index contributed by atoms with van der Waals surface area (Å²) >= 11 is 1.69. The predicted octanol–water partition coefficient (Wildman–Crippen LogP) is 3.75. The Kier molecular flexibility index (Phi) is 4.12. The Balaban J connectivity index is 1.58. The Bertz CT molecular complexity index is 916. The standard InChI is InChI=1S/C18H15N5S/c1-2-6-16(22-11-9-19-14-22)15(5-1)13-24-18-21-10-12-23(18)17-7-3-4-8-20-17/h1-12,14H,13H2. The lowest BCUT2D eigenvalue weighted by molar-refractivity contribution is 0.863. The Labute approximate surface area is 144 Å². The normalized spacial score (nSPS) is 10.8. The molecule has 3 heterocycles. The highest BCUT2D eigenvalue weighted by atomic mass is 32.2. The molecule has 0 unspecified atom stereocenters. The minimum atomic E-state index is 0.818. The van der Waals surface area contributed by atoms with E-state index in [4.69, 9.17) is 0 Å². The highest BCUT2D eigenvalue weighted by Crippen LogP contribution is 2.26. The van der Waals surface area contributed by atoms with Gasteiger partial charge in [-0.05, 0) is 23.8 Å². The quantitative estimate of drug-likeness (QED) is 0.522. The third-order valence-electron chi connectivity index (χ3n) is 3.63. The lowest BCUT2D eigenvalue weighted by atomic mass is 10.2. The fourth-order valence-corrected chi connectivity index (χ4v) is 3.45. The van der Waals surface area contributed by atoms with Crippen molar-refractivity contribution >= 4 is 11.8 Å². The number of imidazole rings is 2. The number of pyridine rings is 1. The fraction of sp³-hybridized carbons (Fsp3) is 0.0556. The number of thioether (sulfide) groups is 1. The molecule has 3 aromatic heterocycles. The number of para-hydroxylation sites is 1. The molecule has 0 fully saturated rings. The Hall–Kier alpha value is -2.86. The van der Waals surface area contributed by atoms with E-state index in [1.165, 1.54) is 5.56 Å². The van der Waals surface area contributed by atoms with Crippen molar-refractivity contribution in [3.63, 3.8) is 0 Å². The molecule has 6 heteroatoms. The first-order valence-corrected chi connectivity index (χ1v) is 8.54. The van der Waals surface area contributed by atoms with Gasteiger partial charge in [0.1, 0.15) is 5.82 Å². The van der Waals surface area contributed by atoms with Crippen LogP contribution in [0.2, 0.25) is 0 Å². The van der Waals surface area contributed by atoms with Gasteiger partial charge in [0.15, 0.2) is 5.16 Å². The van der Waals surface area contributed by atoms with Gasteiger partial charge >= 0.3 is 0 Å². The number of aromatic nitrogens is 5. The van der Waals surface area contributed by atoms with Gasteiger partial charge in [0, 0.05) is 36.7 Å². The van der Waals surface area contributed by atoms with E-state index >= 15 is 0 Å². The second kappa shape index (κ2) is 6.72. The molecule has 0 amide bonds. The third kappa shape index (κ3) is 2.96. The molecule has 0 N–H and O–H groups in total. The molecule has 1 aromatic carbocycles. The zero-order valence-corrected chi connectivity index (χ0v) is 13.7. The molecule has 118 valence electrons. The molecule has 0 bridgehead atoms. The van der Waals surface area contributed by atoms with Crippen LogP contribution in [-0.2, 0) is 5.75 Å². The summed E-state index contributed by atoms with van der Waals surface area (Å²) in [4.78, 5) is 13.0. The number of rotatable bonds is 5. The van der Waals surface area contributed by atoms with Crippen molar-refractivity contribution < 1.29 is 0 Å². The van der Waals surface area contributed by atoms with Crippen LogP contribution in [0.1, 0.15) is 5.56 Å². The fourth-order valence-electron chi connectivity index (χ4n) is 2.50. The molecule has 0 spiro atoms. The molecule has 24 heavy (non-hydrogen) atoms. The number of hydrogen-bond acceptors (Lipinski definition) is 4. The summed E-state index contributed by atoms with van der Waals surface area (Å²) in [5.41, 5.74) is 2.37. The SMILES string of the molecule is c1ccc(-n2ccnc2SCc2ccccc2-n2ccnc2)nc1. The first-order chi connectivity index (χ1) is 11.9. The minimum absolute atomic E-state index is 0.818. The van der Waals surface area contributed by atoms with Crippen LogP contribution in [0.25, 0.3) is 11.5 Å². The summed E-state index contributed by atoms with van der Waals surface area (Å²) in [6.07, 6.45) is 11.1. The van der Waals surface area contributed by atoms with E-state index in [0.717, 1.165) is 22.4 Å². The second-order valence-corrected chi connectivity index (χ2v) is 6.10. The molecule has 0 aliphatic rings. The molecular formula is C18H15N5S. The first kappa shape index (κ1) is 14.7. The molecule has 5 nitrogen and oxygen atoms in total. The van der Waals surface area contributed by atoms with Crippen molar-refractivity contribution in [2.45, 2.75) is 10.9 Å². The predicted molar refractivity (Wildman–Crippen MR) is 94.5 cm³/mol. The lowest BCUT2D eigenvalue weighted by Gasteiger charge is -2.10.